The van der Waals surface area contributed by atoms with Crippen molar-refractivity contribution in [2.75, 3.05) is 37.9 Å². The van der Waals surface area contributed by atoms with E-state index in [4.69, 9.17) is 0 Å². The van der Waals surface area contributed by atoms with Crippen LogP contribution in [-0.4, -0.2) is 59.3 Å². The molecule has 9 heteroatoms. The van der Waals surface area contributed by atoms with E-state index >= 15 is 0 Å². The molecule has 28 heavy (non-hydrogen) atoms. The number of likely N-dealkylation sites (N-methyl/N-ethyl adjacent to an activating group) is 1. The number of nitrogens with zero attached hydrogens (tertiary/aromatic N) is 2. The van der Waals surface area contributed by atoms with Crippen molar-refractivity contribution < 1.29 is 16.8 Å². The second-order valence-corrected chi connectivity index (χ2v) is 10.7. The van der Waals surface area contributed by atoms with Crippen molar-refractivity contribution in [2.45, 2.75) is 23.6 Å². The summed E-state index contributed by atoms with van der Waals surface area (Å²) < 4.78 is 54.9. The molecule has 0 unspecified atom stereocenters. The first-order chi connectivity index (χ1) is 13.1. The average Bonchev–Trinajstić information content (AvgIpc) is 2.64. The minimum Gasteiger partial charge on any atom is -0.304 e. The lowest BCUT2D eigenvalue weighted by atomic mass is 10.2. The fourth-order valence-corrected chi connectivity index (χ4v) is 5.89. The van der Waals surface area contributed by atoms with Crippen LogP contribution in [0.4, 0.5) is 5.69 Å². The molecular formula is C19H25N3O4S2. The van der Waals surface area contributed by atoms with E-state index in [1.54, 1.807) is 19.1 Å². The van der Waals surface area contributed by atoms with Crippen molar-refractivity contribution in [3.05, 3.63) is 53.6 Å². The molecule has 152 valence electrons. The first-order valence-corrected chi connectivity index (χ1v) is 11.9. The topological polar surface area (TPSA) is 86.8 Å². The zero-order chi connectivity index (χ0) is 20.5. The van der Waals surface area contributed by atoms with E-state index < -0.39 is 20.0 Å². The lowest BCUT2D eigenvalue weighted by Gasteiger charge is -2.31. The van der Waals surface area contributed by atoms with Gasteiger partial charge in [0.25, 0.3) is 10.0 Å². The molecule has 7 nitrogen and oxygen atoms in total. The van der Waals surface area contributed by atoms with Crippen molar-refractivity contribution in [3.63, 3.8) is 0 Å². The van der Waals surface area contributed by atoms with Crippen molar-refractivity contribution in [1.82, 2.24) is 9.21 Å². The number of rotatable bonds is 5. The summed E-state index contributed by atoms with van der Waals surface area (Å²) in [5.74, 6) is 0. The molecule has 0 aliphatic carbocycles. The van der Waals surface area contributed by atoms with Gasteiger partial charge in [0.05, 0.1) is 9.79 Å². The number of hydrogen-bond donors (Lipinski definition) is 1. The van der Waals surface area contributed by atoms with E-state index in [9.17, 15) is 16.8 Å². The van der Waals surface area contributed by atoms with Gasteiger partial charge < -0.3 is 4.90 Å². The van der Waals surface area contributed by atoms with Crippen molar-refractivity contribution in [1.29, 1.82) is 0 Å². The largest absolute Gasteiger partial charge is 0.304 e. The van der Waals surface area contributed by atoms with E-state index in [1.807, 2.05) is 20.0 Å². The molecule has 1 fully saturated rings. The molecule has 0 bridgehead atoms. The molecule has 0 radical (unpaired) electrons. The van der Waals surface area contributed by atoms with Gasteiger partial charge in [0.1, 0.15) is 0 Å². The van der Waals surface area contributed by atoms with Gasteiger partial charge in [-0.3, -0.25) is 4.72 Å². The van der Waals surface area contributed by atoms with Gasteiger partial charge in [0.2, 0.25) is 10.0 Å². The van der Waals surface area contributed by atoms with Crippen LogP contribution in [0.5, 0.6) is 0 Å². The first-order valence-electron chi connectivity index (χ1n) is 8.98. The van der Waals surface area contributed by atoms with Gasteiger partial charge >= 0.3 is 0 Å². The summed E-state index contributed by atoms with van der Waals surface area (Å²) in [5, 5.41) is 0. The van der Waals surface area contributed by atoms with Crippen molar-refractivity contribution in [2.24, 2.45) is 0 Å². The number of hydrogen-bond acceptors (Lipinski definition) is 5. The van der Waals surface area contributed by atoms with E-state index in [1.165, 1.54) is 28.6 Å². The van der Waals surface area contributed by atoms with E-state index in [-0.39, 0.29) is 9.79 Å². The Morgan fingerprint density at radius 2 is 1.46 bits per heavy atom. The van der Waals surface area contributed by atoms with E-state index in [0.29, 0.717) is 37.4 Å². The molecule has 0 atom stereocenters. The highest BCUT2D eigenvalue weighted by Gasteiger charge is 2.27. The number of benzene rings is 2. The third-order valence-electron chi connectivity index (χ3n) is 4.84. The Morgan fingerprint density at radius 3 is 2.07 bits per heavy atom. The number of aryl methyl sites for hydroxylation is 2. The number of anilines is 1. The average molecular weight is 424 g/mol. The van der Waals surface area contributed by atoms with E-state index in [0.717, 1.165) is 5.56 Å². The fourth-order valence-electron chi connectivity index (χ4n) is 3.08. The maximum absolute atomic E-state index is 12.8. The fraction of sp³-hybridized carbons (Fsp3) is 0.368. The summed E-state index contributed by atoms with van der Waals surface area (Å²) in [4.78, 5) is 2.45. The minimum atomic E-state index is -3.76. The summed E-state index contributed by atoms with van der Waals surface area (Å²) in [6.07, 6.45) is 0. The monoisotopic (exact) mass is 423 g/mol. The molecule has 0 amide bonds. The predicted octanol–water partition coefficient (Wildman–Crippen LogP) is 2.04. The maximum Gasteiger partial charge on any atom is 0.262 e. The summed E-state index contributed by atoms with van der Waals surface area (Å²) in [6, 6.07) is 11.1. The molecule has 0 aromatic heterocycles. The molecule has 1 heterocycles. The van der Waals surface area contributed by atoms with Crippen LogP contribution in [0.25, 0.3) is 0 Å². The van der Waals surface area contributed by atoms with Gasteiger partial charge in [-0.05, 0) is 62.4 Å². The van der Waals surface area contributed by atoms with Gasteiger partial charge in [0.15, 0.2) is 0 Å². The first kappa shape index (κ1) is 20.8. The second-order valence-electron chi connectivity index (χ2n) is 7.11. The molecule has 2 aromatic rings. The van der Waals surface area contributed by atoms with Gasteiger partial charge in [-0.15, -0.1) is 0 Å². The zero-order valence-corrected chi connectivity index (χ0v) is 17.8. The second kappa shape index (κ2) is 7.82. The highest BCUT2D eigenvalue weighted by Crippen LogP contribution is 2.23. The van der Waals surface area contributed by atoms with Gasteiger partial charge in [-0.25, -0.2) is 16.8 Å². The Bertz CT molecular complexity index is 1060. The molecule has 1 saturated heterocycles. The number of nitrogens with one attached hydrogen (secondary N) is 1. The Labute approximate surface area is 167 Å². The van der Waals surface area contributed by atoms with Gasteiger partial charge in [0, 0.05) is 31.9 Å². The van der Waals surface area contributed by atoms with Gasteiger partial charge in [-0.1, -0.05) is 12.1 Å². The highest BCUT2D eigenvalue weighted by molar-refractivity contribution is 7.92. The van der Waals surface area contributed by atoms with Crippen LogP contribution in [-0.2, 0) is 20.0 Å². The smallest absolute Gasteiger partial charge is 0.262 e. The summed E-state index contributed by atoms with van der Waals surface area (Å²) in [6.45, 7) is 5.83. The molecule has 1 aliphatic rings. The minimum absolute atomic E-state index is 0.159. The molecule has 1 N–H and O–H groups in total. The van der Waals surface area contributed by atoms with Crippen LogP contribution in [0.3, 0.4) is 0 Å². The van der Waals surface area contributed by atoms with Crippen LogP contribution in [0.1, 0.15) is 11.1 Å². The molecule has 1 aliphatic heterocycles. The van der Waals surface area contributed by atoms with Gasteiger partial charge in [-0.2, -0.15) is 4.31 Å². The lowest BCUT2D eigenvalue weighted by Crippen LogP contribution is -2.46. The lowest BCUT2D eigenvalue weighted by molar-refractivity contribution is 0.222. The number of piperazine rings is 1. The van der Waals surface area contributed by atoms with Crippen molar-refractivity contribution >= 4 is 25.7 Å². The van der Waals surface area contributed by atoms with Crippen LogP contribution >= 0.6 is 0 Å². The predicted molar refractivity (Wildman–Crippen MR) is 109 cm³/mol. The Kier molecular flexibility index (Phi) is 5.81. The molecular weight excluding hydrogens is 398 g/mol. The van der Waals surface area contributed by atoms with Crippen LogP contribution < -0.4 is 4.72 Å². The van der Waals surface area contributed by atoms with Crippen LogP contribution in [0, 0.1) is 13.8 Å². The normalized spacial score (nSPS) is 16.8. The summed E-state index contributed by atoms with van der Waals surface area (Å²) in [5.41, 5.74) is 1.81. The van der Waals surface area contributed by atoms with Crippen molar-refractivity contribution in [3.8, 4) is 0 Å². The molecule has 2 aromatic carbocycles. The molecule has 3 rings (SSSR count). The van der Waals surface area contributed by atoms with Crippen LogP contribution in [0.15, 0.2) is 52.3 Å². The SMILES string of the molecule is Cc1ccc(C)c(S(=O)(=O)Nc2ccc(S(=O)(=O)N3CCN(C)CC3)cc2)c1. The third-order valence-corrected chi connectivity index (χ3v) is 8.28. The Morgan fingerprint density at radius 1 is 0.857 bits per heavy atom. The molecule has 0 spiro atoms. The zero-order valence-electron chi connectivity index (χ0n) is 16.2. The third kappa shape index (κ3) is 4.38. The van der Waals surface area contributed by atoms with Crippen LogP contribution in [0.2, 0.25) is 0 Å². The maximum atomic E-state index is 12.8. The molecule has 0 saturated carbocycles. The summed E-state index contributed by atoms with van der Waals surface area (Å²) >= 11 is 0. The number of sulfonamides is 2. The highest BCUT2D eigenvalue weighted by atomic mass is 32.2. The quantitative estimate of drug-likeness (QED) is 0.795. The summed E-state index contributed by atoms with van der Waals surface area (Å²) in [7, 11) is -5.38. The van der Waals surface area contributed by atoms with E-state index in [2.05, 4.69) is 9.62 Å². The Hall–Kier alpha value is -1.94. The standard InChI is InChI=1S/C19H25N3O4S2/c1-15-4-5-16(2)19(14-15)27(23,24)20-17-6-8-18(9-7-17)28(25,26)22-12-10-21(3)11-13-22/h4-9,14,20H,10-13H2,1-3H3. The Balaban J connectivity index is 1.80.